The molecule has 0 unspecified atom stereocenters. The van der Waals surface area contributed by atoms with E-state index in [1.54, 1.807) is 18.2 Å². The number of pyridine rings is 1. The van der Waals surface area contributed by atoms with Gasteiger partial charge in [-0.3, -0.25) is 15.1 Å². The van der Waals surface area contributed by atoms with E-state index in [0.717, 1.165) is 35.6 Å². The van der Waals surface area contributed by atoms with Crippen LogP contribution in [-0.4, -0.2) is 28.4 Å². The summed E-state index contributed by atoms with van der Waals surface area (Å²) in [5.74, 6) is -1.16. The zero-order valence-corrected chi connectivity index (χ0v) is 15.1. The van der Waals surface area contributed by atoms with Gasteiger partial charge in [-0.25, -0.2) is 4.98 Å². The van der Waals surface area contributed by atoms with Crippen molar-refractivity contribution in [3.8, 4) is 23.2 Å². The molecule has 0 bridgehead atoms. The van der Waals surface area contributed by atoms with Crippen molar-refractivity contribution < 1.29 is 28.5 Å². The molecule has 11 heteroatoms. The van der Waals surface area contributed by atoms with Gasteiger partial charge >= 0.3 is 12.5 Å². The fourth-order valence-electron chi connectivity index (χ4n) is 2.17. The number of nitrogens with zero attached hydrogens (tertiary/aromatic N) is 3. The van der Waals surface area contributed by atoms with Crippen molar-refractivity contribution in [3.63, 3.8) is 0 Å². The highest BCUT2D eigenvalue weighted by Gasteiger charge is 2.43. The summed E-state index contributed by atoms with van der Waals surface area (Å²) < 4.78 is 54.1. The highest BCUT2D eigenvalue weighted by molar-refractivity contribution is 7.16. The minimum Gasteiger partial charge on any atom is -0.428 e. The predicted octanol–water partition coefficient (Wildman–Crippen LogP) is 4.81. The zero-order chi connectivity index (χ0) is 21.0. The third kappa shape index (κ3) is 4.67. The van der Waals surface area contributed by atoms with Crippen molar-refractivity contribution in [1.82, 2.24) is 9.97 Å². The number of amides is 1. The van der Waals surface area contributed by atoms with Crippen molar-refractivity contribution in [3.05, 3.63) is 59.1 Å². The lowest BCUT2D eigenvalue weighted by Crippen LogP contribution is -2.33. The predicted molar refractivity (Wildman–Crippen MR) is 98.1 cm³/mol. The summed E-state index contributed by atoms with van der Waals surface area (Å²) in [6, 6.07) is 11.3. The molecule has 1 N–H and O–H groups in total. The maximum absolute atomic E-state index is 12.9. The summed E-state index contributed by atoms with van der Waals surface area (Å²) in [4.78, 5) is 20.9. The van der Waals surface area contributed by atoms with Crippen molar-refractivity contribution in [1.29, 1.82) is 5.26 Å². The molecule has 0 aliphatic carbocycles. The van der Waals surface area contributed by atoms with Gasteiger partial charge in [0.25, 0.3) is 5.91 Å². The highest BCUT2D eigenvalue weighted by atomic mass is 32.1. The number of carbonyl (C=O) groups excluding carboxylic acids is 1. The summed E-state index contributed by atoms with van der Waals surface area (Å²) in [7, 11) is 0. The van der Waals surface area contributed by atoms with Gasteiger partial charge in [-0.2, -0.15) is 22.8 Å². The second-order valence-corrected chi connectivity index (χ2v) is 6.47. The van der Waals surface area contributed by atoms with E-state index in [1.807, 2.05) is 6.07 Å². The van der Waals surface area contributed by atoms with Gasteiger partial charge in [0, 0.05) is 13.2 Å². The van der Waals surface area contributed by atoms with Crippen LogP contribution < -0.4 is 10.1 Å². The van der Waals surface area contributed by atoms with Gasteiger partial charge in [0.05, 0.1) is 5.69 Å². The number of nitriles is 1. The first-order chi connectivity index (χ1) is 13.8. The first kappa shape index (κ1) is 20.2. The summed E-state index contributed by atoms with van der Waals surface area (Å²) >= 11 is 0.940. The zero-order valence-electron chi connectivity index (χ0n) is 14.3. The fraction of sp³-hybridized carbons (Fsp3) is 0.111. The Morgan fingerprint density at radius 2 is 1.97 bits per heavy atom. The van der Waals surface area contributed by atoms with Crippen LogP contribution in [0, 0.1) is 11.3 Å². The number of aromatic nitrogens is 2. The third-order valence-electron chi connectivity index (χ3n) is 3.48. The summed E-state index contributed by atoms with van der Waals surface area (Å²) in [5, 5.41) is 11.9. The van der Waals surface area contributed by atoms with E-state index in [9.17, 15) is 27.6 Å². The number of nitrogens with one attached hydrogen (secondary N) is 1. The number of ether oxygens (including phenoxy) is 1. The van der Waals surface area contributed by atoms with Crippen LogP contribution in [0.15, 0.2) is 48.7 Å². The van der Waals surface area contributed by atoms with Crippen molar-refractivity contribution in [2.45, 2.75) is 12.5 Å². The van der Waals surface area contributed by atoms with E-state index in [0.29, 0.717) is 11.4 Å². The molecule has 3 rings (SSSR count). The van der Waals surface area contributed by atoms with Crippen LogP contribution in [0.5, 0.6) is 5.75 Å². The van der Waals surface area contributed by atoms with E-state index in [2.05, 4.69) is 20.0 Å². The van der Waals surface area contributed by atoms with Gasteiger partial charge in [-0.1, -0.05) is 17.4 Å². The lowest BCUT2D eigenvalue weighted by atomic mass is 10.2. The van der Waals surface area contributed by atoms with Crippen LogP contribution in [-0.2, 0) is 0 Å². The first-order valence-electron chi connectivity index (χ1n) is 7.89. The lowest BCUT2D eigenvalue weighted by Gasteiger charge is -2.16. The van der Waals surface area contributed by atoms with Gasteiger partial charge in [0.2, 0.25) is 0 Å². The van der Waals surface area contributed by atoms with E-state index in [4.69, 9.17) is 0 Å². The number of hydrogen-bond donors (Lipinski definition) is 1. The summed E-state index contributed by atoms with van der Waals surface area (Å²) in [5.41, 5.74) is 0.819. The molecule has 1 amide bonds. The first-order valence-corrected chi connectivity index (χ1v) is 8.70. The standard InChI is InChI=1S/C18H10F4N4O2S.H2/c19-16(20)18(21,22)28-11-6-4-10(5-7-11)15(27)26-17-25-14(13(9-23)29-17)12-3-1-2-8-24-12;/h1-8,16H,(H,25,26,27);1H. The molecule has 2 aromatic heterocycles. The molecule has 1 aromatic carbocycles. The Morgan fingerprint density at radius 3 is 2.55 bits per heavy atom. The van der Waals surface area contributed by atoms with Gasteiger partial charge in [-0.05, 0) is 36.4 Å². The monoisotopic (exact) mass is 424 g/mol. The topological polar surface area (TPSA) is 87.9 Å². The molecule has 0 saturated carbocycles. The number of anilines is 1. The normalized spacial score (nSPS) is 11.2. The molecule has 0 spiro atoms. The van der Waals surface area contributed by atoms with Crippen LogP contribution in [0.1, 0.15) is 16.7 Å². The number of hydrogen-bond acceptors (Lipinski definition) is 6. The van der Waals surface area contributed by atoms with Gasteiger partial charge in [0.1, 0.15) is 22.4 Å². The Morgan fingerprint density at radius 1 is 1.24 bits per heavy atom. The molecule has 2 heterocycles. The maximum atomic E-state index is 12.9. The van der Waals surface area contributed by atoms with Crippen molar-refractivity contribution in [2.24, 2.45) is 0 Å². The molecule has 150 valence electrons. The van der Waals surface area contributed by atoms with Crippen LogP contribution in [0.3, 0.4) is 0 Å². The molecule has 0 saturated heterocycles. The number of carbonyl (C=O) groups is 1. The third-order valence-corrected chi connectivity index (χ3v) is 4.36. The summed E-state index contributed by atoms with van der Waals surface area (Å²) in [6.45, 7) is 0. The number of benzene rings is 1. The van der Waals surface area contributed by atoms with Crippen LogP contribution >= 0.6 is 11.3 Å². The van der Waals surface area contributed by atoms with Crippen LogP contribution in [0.4, 0.5) is 22.7 Å². The number of rotatable bonds is 6. The smallest absolute Gasteiger partial charge is 0.428 e. The maximum Gasteiger partial charge on any atom is 0.461 e. The van der Waals surface area contributed by atoms with Crippen LogP contribution in [0.2, 0.25) is 0 Å². The van der Waals surface area contributed by atoms with E-state index < -0.39 is 24.2 Å². The van der Waals surface area contributed by atoms with E-state index >= 15 is 0 Å². The molecule has 0 fully saturated rings. The lowest BCUT2D eigenvalue weighted by molar-refractivity contribution is -0.253. The van der Waals surface area contributed by atoms with Gasteiger partial charge in [0.15, 0.2) is 5.13 Å². The largest absolute Gasteiger partial charge is 0.461 e. The molecule has 29 heavy (non-hydrogen) atoms. The minimum absolute atomic E-state index is 0. The molecule has 6 nitrogen and oxygen atoms in total. The molecule has 0 radical (unpaired) electrons. The number of halogens is 4. The van der Waals surface area contributed by atoms with Crippen molar-refractivity contribution >= 4 is 22.4 Å². The Hall–Kier alpha value is -3.52. The number of alkyl halides is 4. The molecule has 3 aromatic rings. The fourth-order valence-corrected chi connectivity index (χ4v) is 2.94. The van der Waals surface area contributed by atoms with Gasteiger partial charge < -0.3 is 4.74 Å². The van der Waals surface area contributed by atoms with Gasteiger partial charge in [-0.15, -0.1) is 0 Å². The molecule has 0 aliphatic heterocycles. The van der Waals surface area contributed by atoms with E-state index in [-0.39, 0.29) is 17.0 Å². The Labute approximate surface area is 166 Å². The summed E-state index contributed by atoms with van der Waals surface area (Å²) in [6.07, 6.45) is -7.09. The second-order valence-electron chi connectivity index (χ2n) is 5.47. The quantitative estimate of drug-likeness (QED) is 0.574. The highest BCUT2D eigenvalue weighted by Crippen LogP contribution is 2.30. The average Bonchev–Trinajstić information content (AvgIpc) is 3.11. The molecular weight excluding hydrogens is 412 g/mol. The average molecular weight is 424 g/mol. The van der Waals surface area contributed by atoms with Crippen molar-refractivity contribution in [2.75, 3.05) is 5.32 Å². The SMILES string of the molecule is N#Cc1sc(NC(=O)c2ccc(OC(F)(F)C(F)F)cc2)nc1-c1ccccn1.[HH]. The Bertz CT molecular complexity index is 1060. The molecule has 0 aliphatic rings. The Kier molecular flexibility index (Phi) is 5.74. The minimum atomic E-state index is -4.64. The Balaban J connectivity index is 0.00000320. The van der Waals surface area contributed by atoms with E-state index in [1.165, 1.54) is 6.20 Å². The molecular formula is C18H12F4N4O2S. The van der Waals surface area contributed by atoms with Crippen LogP contribution in [0.25, 0.3) is 11.4 Å². The molecule has 0 atom stereocenters. The second kappa shape index (κ2) is 8.24. The number of thiazole rings is 1.